The minimum Gasteiger partial charge on any atom is -0.489 e. The Labute approximate surface area is 164 Å². The lowest BCUT2D eigenvalue weighted by Gasteiger charge is -2.13. The number of ether oxygens (including phenoxy) is 1. The van der Waals surface area contributed by atoms with E-state index in [1.165, 1.54) is 22.5 Å². The summed E-state index contributed by atoms with van der Waals surface area (Å²) in [7, 11) is 1.90. The number of aryl methyl sites for hydroxylation is 3. The molecule has 3 rings (SSSR count). The lowest BCUT2D eigenvalue weighted by atomic mass is 10.1. The molecule has 2 aromatic heterocycles. The molecule has 6 heteroatoms. The summed E-state index contributed by atoms with van der Waals surface area (Å²) in [6, 6.07) is 7.86. The van der Waals surface area contributed by atoms with E-state index < -0.39 is 0 Å². The number of aromatic nitrogens is 2. The second-order valence-corrected chi connectivity index (χ2v) is 7.77. The highest BCUT2D eigenvalue weighted by Gasteiger charge is 2.17. The summed E-state index contributed by atoms with van der Waals surface area (Å²) in [5.74, 6) is 0.768. The second-order valence-electron chi connectivity index (χ2n) is 6.86. The first-order valence-electron chi connectivity index (χ1n) is 8.92. The molecule has 0 spiro atoms. The van der Waals surface area contributed by atoms with Gasteiger partial charge in [-0.25, -0.2) is 0 Å². The van der Waals surface area contributed by atoms with Crippen LogP contribution in [0.1, 0.15) is 50.6 Å². The number of nitrogens with one attached hydrogen (secondary N) is 1. The van der Waals surface area contributed by atoms with Crippen molar-refractivity contribution in [3.63, 3.8) is 0 Å². The van der Waals surface area contributed by atoms with E-state index in [0.717, 1.165) is 22.6 Å². The molecule has 1 N–H and O–H groups in total. The standard InChI is InChI=1S/C21H25N3O2S/c1-13-6-7-18(8-14(13)2)26-11-17-9-20(27-12-17)21(25)23-15(3)19-10-22-24(5)16(19)4/h6-10,12,15H,11H2,1-5H3,(H,23,25). The Bertz CT molecular complexity index is 958. The molecule has 0 bridgehead atoms. The smallest absolute Gasteiger partial charge is 0.261 e. The van der Waals surface area contributed by atoms with Gasteiger partial charge < -0.3 is 10.1 Å². The number of carbonyl (C=O) groups excluding carboxylic acids is 1. The zero-order valence-corrected chi connectivity index (χ0v) is 17.2. The van der Waals surface area contributed by atoms with E-state index in [0.29, 0.717) is 11.5 Å². The lowest BCUT2D eigenvalue weighted by molar-refractivity contribution is 0.0944. The monoisotopic (exact) mass is 383 g/mol. The Morgan fingerprint density at radius 2 is 2.04 bits per heavy atom. The number of amides is 1. The molecule has 0 aliphatic rings. The van der Waals surface area contributed by atoms with Crippen LogP contribution in [-0.4, -0.2) is 15.7 Å². The van der Waals surface area contributed by atoms with Crippen molar-refractivity contribution >= 4 is 17.2 Å². The first-order valence-corrected chi connectivity index (χ1v) is 9.80. The average molecular weight is 384 g/mol. The van der Waals surface area contributed by atoms with Gasteiger partial charge in [0.05, 0.1) is 17.1 Å². The highest BCUT2D eigenvalue weighted by molar-refractivity contribution is 7.12. The molecule has 1 aromatic carbocycles. The number of carbonyl (C=O) groups is 1. The molecule has 5 nitrogen and oxygen atoms in total. The highest BCUT2D eigenvalue weighted by atomic mass is 32.1. The third-order valence-corrected chi connectivity index (χ3v) is 5.83. The van der Waals surface area contributed by atoms with Crippen LogP contribution in [0.5, 0.6) is 5.75 Å². The molecule has 0 fully saturated rings. The maximum absolute atomic E-state index is 12.5. The maximum atomic E-state index is 12.5. The summed E-state index contributed by atoms with van der Waals surface area (Å²) < 4.78 is 7.66. The van der Waals surface area contributed by atoms with Crippen molar-refractivity contribution in [3.05, 3.63) is 68.7 Å². The van der Waals surface area contributed by atoms with Crippen molar-refractivity contribution in [3.8, 4) is 5.75 Å². The average Bonchev–Trinajstić information content (AvgIpc) is 3.23. The van der Waals surface area contributed by atoms with E-state index >= 15 is 0 Å². The van der Waals surface area contributed by atoms with Gasteiger partial charge in [0.1, 0.15) is 12.4 Å². The van der Waals surface area contributed by atoms with Crippen LogP contribution in [0.25, 0.3) is 0 Å². The van der Waals surface area contributed by atoms with E-state index in [4.69, 9.17) is 4.74 Å². The Morgan fingerprint density at radius 1 is 1.26 bits per heavy atom. The van der Waals surface area contributed by atoms with Crippen LogP contribution in [0.2, 0.25) is 0 Å². The lowest BCUT2D eigenvalue weighted by Crippen LogP contribution is -2.26. The van der Waals surface area contributed by atoms with Crippen LogP contribution in [0.3, 0.4) is 0 Å². The Kier molecular flexibility index (Phi) is 5.65. The van der Waals surface area contributed by atoms with E-state index in [1.54, 1.807) is 6.20 Å². The van der Waals surface area contributed by atoms with Gasteiger partial charge >= 0.3 is 0 Å². The number of thiophene rings is 1. The summed E-state index contributed by atoms with van der Waals surface area (Å²) in [4.78, 5) is 13.2. The number of benzene rings is 1. The van der Waals surface area contributed by atoms with Gasteiger partial charge in [-0.2, -0.15) is 5.10 Å². The molecule has 1 unspecified atom stereocenters. The molecular weight excluding hydrogens is 358 g/mol. The molecular formula is C21H25N3O2S. The fourth-order valence-electron chi connectivity index (χ4n) is 2.83. The minimum absolute atomic E-state index is 0.0758. The highest BCUT2D eigenvalue weighted by Crippen LogP contribution is 2.22. The Morgan fingerprint density at radius 3 is 2.70 bits per heavy atom. The van der Waals surface area contributed by atoms with Gasteiger partial charge in [0.25, 0.3) is 5.91 Å². The Balaban J connectivity index is 1.60. The summed E-state index contributed by atoms with van der Waals surface area (Å²) in [6.45, 7) is 8.57. The van der Waals surface area contributed by atoms with Crippen LogP contribution >= 0.6 is 11.3 Å². The molecule has 0 radical (unpaired) electrons. The van der Waals surface area contributed by atoms with Crippen molar-refractivity contribution in [1.82, 2.24) is 15.1 Å². The molecule has 0 aliphatic carbocycles. The summed E-state index contributed by atoms with van der Waals surface area (Å²) in [5.41, 5.74) is 5.53. The topological polar surface area (TPSA) is 56.1 Å². The van der Waals surface area contributed by atoms with Crippen molar-refractivity contribution in [2.45, 2.75) is 40.3 Å². The molecule has 3 aromatic rings. The third-order valence-electron chi connectivity index (χ3n) is 4.85. The van der Waals surface area contributed by atoms with Gasteiger partial charge in [-0.3, -0.25) is 9.48 Å². The third kappa shape index (κ3) is 4.39. The van der Waals surface area contributed by atoms with Crippen LogP contribution in [0.4, 0.5) is 0 Å². The largest absolute Gasteiger partial charge is 0.489 e. The van der Waals surface area contributed by atoms with Crippen molar-refractivity contribution in [2.75, 3.05) is 0 Å². The zero-order chi connectivity index (χ0) is 19.6. The van der Waals surface area contributed by atoms with E-state index in [1.807, 2.05) is 49.2 Å². The number of nitrogens with zero attached hydrogens (tertiary/aromatic N) is 2. The zero-order valence-electron chi connectivity index (χ0n) is 16.4. The second kappa shape index (κ2) is 7.96. The fourth-order valence-corrected chi connectivity index (χ4v) is 3.63. The number of hydrogen-bond donors (Lipinski definition) is 1. The van der Waals surface area contributed by atoms with E-state index in [-0.39, 0.29) is 11.9 Å². The van der Waals surface area contributed by atoms with Gasteiger partial charge in [-0.15, -0.1) is 11.3 Å². The van der Waals surface area contributed by atoms with Gasteiger partial charge in [0.2, 0.25) is 0 Å². The molecule has 142 valence electrons. The predicted molar refractivity (Wildman–Crippen MR) is 108 cm³/mol. The fraction of sp³-hybridized carbons (Fsp3) is 0.333. The van der Waals surface area contributed by atoms with Crippen LogP contribution in [0, 0.1) is 20.8 Å². The normalized spacial score (nSPS) is 12.0. The quantitative estimate of drug-likeness (QED) is 0.683. The molecule has 0 saturated carbocycles. The Hall–Kier alpha value is -2.60. The van der Waals surface area contributed by atoms with Crippen LogP contribution in [0.15, 0.2) is 35.8 Å². The van der Waals surface area contributed by atoms with Crippen molar-refractivity contribution in [2.24, 2.45) is 7.05 Å². The van der Waals surface area contributed by atoms with E-state index in [2.05, 4.69) is 30.3 Å². The molecule has 2 heterocycles. The van der Waals surface area contributed by atoms with Crippen LogP contribution in [-0.2, 0) is 13.7 Å². The van der Waals surface area contributed by atoms with Gasteiger partial charge in [0, 0.05) is 23.9 Å². The number of hydrogen-bond acceptors (Lipinski definition) is 4. The summed E-state index contributed by atoms with van der Waals surface area (Å²) >= 11 is 1.43. The van der Waals surface area contributed by atoms with Crippen molar-refractivity contribution in [1.29, 1.82) is 0 Å². The number of rotatable bonds is 6. The first-order chi connectivity index (χ1) is 12.8. The molecule has 0 aliphatic heterocycles. The predicted octanol–water partition coefficient (Wildman–Crippen LogP) is 4.48. The van der Waals surface area contributed by atoms with Gasteiger partial charge in [-0.05, 0) is 62.4 Å². The SMILES string of the molecule is Cc1ccc(OCc2csc(C(=O)NC(C)c3cnn(C)c3C)c2)cc1C. The molecule has 1 amide bonds. The summed E-state index contributed by atoms with van der Waals surface area (Å²) in [5, 5.41) is 9.25. The van der Waals surface area contributed by atoms with Gasteiger partial charge in [0.15, 0.2) is 0 Å². The van der Waals surface area contributed by atoms with Crippen LogP contribution < -0.4 is 10.1 Å². The summed E-state index contributed by atoms with van der Waals surface area (Å²) in [6.07, 6.45) is 1.80. The van der Waals surface area contributed by atoms with Gasteiger partial charge in [-0.1, -0.05) is 6.07 Å². The van der Waals surface area contributed by atoms with Crippen molar-refractivity contribution < 1.29 is 9.53 Å². The maximum Gasteiger partial charge on any atom is 0.261 e. The minimum atomic E-state index is -0.0940. The molecule has 27 heavy (non-hydrogen) atoms. The first kappa shape index (κ1) is 19.2. The molecule has 0 saturated heterocycles. The molecule has 1 atom stereocenters. The van der Waals surface area contributed by atoms with E-state index in [9.17, 15) is 4.79 Å².